The minimum Gasteiger partial charge on any atom is -0.493 e. The van der Waals surface area contributed by atoms with E-state index in [0.717, 1.165) is 61.0 Å². The van der Waals surface area contributed by atoms with Gasteiger partial charge in [0.1, 0.15) is 0 Å². The summed E-state index contributed by atoms with van der Waals surface area (Å²) < 4.78 is 1.44. The summed E-state index contributed by atoms with van der Waals surface area (Å²) in [7, 11) is 0. The summed E-state index contributed by atoms with van der Waals surface area (Å²) >= 11 is 0. The molecule has 3 rings (SSSR count). The molecule has 0 spiro atoms. The van der Waals surface area contributed by atoms with Crippen LogP contribution in [0.5, 0.6) is 0 Å². The van der Waals surface area contributed by atoms with E-state index in [1.807, 2.05) is 13.8 Å². The summed E-state index contributed by atoms with van der Waals surface area (Å²) in [5.41, 5.74) is 19.3. The Morgan fingerprint density at radius 3 is 1.57 bits per heavy atom. The summed E-state index contributed by atoms with van der Waals surface area (Å²) in [6.07, 6.45) is 15.5. The Morgan fingerprint density at radius 2 is 1.10 bits per heavy atom. The molecule has 0 bridgehead atoms. The molecule has 0 radical (unpaired) electrons. The minimum atomic E-state index is 0. The monoisotopic (exact) mass is 592 g/mol. The van der Waals surface area contributed by atoms with Gasteiger partial charge in [-0.25, -0.2) is 4.70 Å². The van der Waals surface area contributed by atoms with Crippen molar-refractivity contribution in [2.24, 2.45) is 0 Å². The maximum absolute atomic E-state index is 11.3. The van der Waals surface area contributed by atoms with Gasteiger partial charge in [-0.05, 0) is 86.8 Å². The Balaban J connectivity index is 0.00000149. The van der Waals surface area contributed by atoms with Crippen molar-refractivity contribution in [2.45, 2.75) is 112 Å². The van der Waals surface area contributed by atoms with Crippen molar-refractivity contribution in [1.82, 2.24) is 0 Å². The first-order valence-electron chi connectivity index (χ1n) is 15.3. The van der Waals surface area contributed by atoms with E-state index in [0.29, 0.717) is 13.2 Å². The molecule has 2 aromatic carbocycles. The fourth-order valence-corrected chi connectivity index (χ4v) is 4.34. The van der Waals surface area contributed by atoms with Gasteiger partial charge in [0.05, 0.1) is 0 Å². The first-order valence-corrected chi connectivity index (χ1v) is 15.3. The molecule has 1 aliphatic heterocycles. The zero-order chi connectivity index (χ0) is 28.9. The second-order valence-corrected chi connectivity index (χ2v) is 10.2. The van der Waals surface area contributed by atoms with Crippen LogP contribution in [0.1, 0.15) is 121 Å². The van der Waals surface area contributed by atoms with E-state index < -0.39 is 0 Å². The number of aliphatic hydroxyl groups is 2. The van der Waals surface area contributed by atoms with E-state index in [9.17, 15) is 5.53 Å². The van der Waals surface area contributed by atoms with Crippen LogP contribution >= 0.6 is 0 Å². The third kappa shape index (κ3) is 13.5. The van der Waals surface area contributed by atoms with Gasteiger partial charge < -0.3 is 15.7 Å². The van der Waals surface area contributed by atoms with Gasteiger partial charge in [-0.3, -0.25) is 0 Å². The molecular formula is C35H54N2NiO2. The predicted molar refractivity (Wildman–Crippen MR) is 168 cm³/mol. The average Bonchev–Trinajstić information content (AvgIpc) is 3.31. The maximum Gasteiger partial charge on any atom is 0.210 e. The number of allylic oxidation sites excluding steroid dienone is 2. The van der Waals surface area contributed by atoms with E-state index in [2.05, 4.69) is 75.4 Å². The summed E-state index contributed by atoms with van der Waals surface area (Å²) in [6, 6.07) is 17.4. The normalized spacial score (nSPS) is 12.2. The molecular weight excluding hydrogens is 539 g/mol. The van der Waals surface area contributed by atoms with Crippen LogP contribution in [-0.4, -0.2) is 28.1 Å². The quantitative estimate of drug-likeness (QED) is 0.130. The molecule has 0 aromatic heterocycles. The molecule has 0 aliphatic carbocycles. The van der Waals surface area contributed by atoms with Crippen molar-refractivity contribution >= 4 is 11.4 Å². The van der Waals surface area contributed by atoms with Crippen LogP contribution < -0.4 is 0 Å². The van der Waals surface area contributed by atoms with Crippen LogP contribution in [-0.2, 0) is 29.3 Å². The fourth-order valence-electron chi connectivity index (χ4n) is 4.34. The van der Waals surface area contributed by atoms with Crippen molar-refractivity contribution in [1.29, 1.82) is 0 Å². The number of hydrogen-bond acceptors (Lipinski definition) is 2. The number of nitrogens with zero attached hydrogens (tertiary/aromatic N) is 2. The number of rotatable bonds is 14. The number of aryl methyl sites for hydroxylation is 2. The fraction of sp³-hybridized carbons (Fsp3) is 0.543. The van der Waals surface area contributed by atoms with Crippen molar-refractivity contribution in [2.75, 3.05) is 13.2 Å². The number of unbranched alkanes of at least 4 members (excludes halogenated alkanes) is 4. The second-order valence-electron chi connectivity index (χ2n) is 10.2. The Labute approximate surface area is 255 Å². The van der Waals surface area contributed by atoms with E-state index in [4.69, 9.17) is 10.2 Å². The topological polar surface area (TPSA) is 65.8 Å². The molecule has 1 heterocycles. The zero-order valence-corrected chi connectivity index (χ0v) is 26.7. The van der Waals surface area contributed by atoms with Crippen molar-refractivity contribution in [3.63, 3.8) is 0 Å². The number of aliphatic hydroxyl groups excluding tert-OH is 2. The van der Waals surface area contributed by atoms with E-state index in [1.54, 1.807) is 0 Å². The molecule has 226 valence electrons. The first kappa shape index (κ1) is 37.9. The number of benzene rings is 2. The van der Waals surface area contributed by atoms with Gasteiger partial charge in [0.2, 0.25) is 11.4 Å². The Bertz CT molecular complexity index is 1020. The van der Waals surface area contributed by atoms with E-state index >= 15 is 0 Å². The molecule has 40 heavy (non-hydrogen) atoms. The third-order valence-electron chi connectivity index (χ3n) is 6.61. The maximum atomic E-state index is 11.3. The molecule has 2 aromatic rings. The summed E-state index contributed by atoms with van der Waals surface area (Å²) in [6.45, 7) is 11.2. The minimum absolute atomic E-state index is 0. The zero-order valence-electron chi connectivity index (χ0n) is 25.7. The second kappa shape index (κ2) is 23.6. The van der Waals surface area contributed by atoms with Gasteiger partial charge in [-0.2, -0.15) is 0 Å². The molecule has 1 aliphatic rings. The Hall–Kier alpha value is -2.07. The summed E-state index contributed by atoms with van der Waals surface area (Å²) in [4.78, 5) is 0. The van der Waals surface area contributed by atoms with Crippen molar-refractivity contribution in [3.05, 3.63) is 88.0 Å². The van der Waals surface area contributed by atoms with Crippen LogP contribution in [0, 0.1) is 0 Å². The van der Waals surface area contributed by atoms with Crippen LogP contribution in [0.25, 0.3) is 16.9 Å². The standard InChI is InChI=1S/C29H38N2.2C3H8O.Ni/c1-4-7-10-17-27-22-28(25-18-11-15-23(20-25)13-8-5-2)31(30)29(27)26-19-12-16-24(21-26)14-9-6-3;2*1-2-3-4;/h11-12,15-16,18-22H,4-10,13-14,17H2,1-3H3;2*4H,2-3H2,1H3;. The Morgan fingerprint density at radius 1 is 0.625 bits per heavy atom. The molecule has 0 fully saturated rings. The SMILES string of the molecule is CCCCCC1=C(c2cccc(CCCC)c2)[N+](=[N-])C(c2cccc(CCCC)c2)=C1.CCCO.CCCO.[Ni]. The van der Waals surface area contributed by atoms with Crippen LogP contribution in [0.15, 0.2) is 60.2 Å². The summed E-state index contributed by atoms with van der Waals surface area (Å²) in [5.74, 6) is 0. The molecule has 2 N–H and O–H groups in total. The number of hydrogen-bond donors (Lipinski definition) is 2. The van der Waals surface area contributed by atoms with Gasteiger partial charge in [-0.1, -0.05) is 84.6 Å². The molecule has 0 saturated carbocycles. The van der Waals surface area contributed by atoms with Gasteiger partial charge in [-0.15, -0.1) is 0 Å². The van der Waals surface area contributed by atoms with E-state index in [-0.39, 0.29) is 16.5 Å². The van der Waals surface area contributed by atoms with Crippen molar-refractivity contribution in [3.8, 4) is 0 Å². The van der Waals surface area contributed by atoms with Crippen molar-refractivity contribution < 1.29 is 31.4 Å². The third-order valence-corrected chi connectivity index (χ3v) is 6.61. The molecule has 0 atom stereocenters. The Kier molecular flexibility index (Phi) is 22.4. The largest absolute Gasteiger partial charge is 0.493 e. The van der Waals surface area contributed by atoms with Gasteiger partial charge in [0.25, 0.3) is 0 Å². The first-order chi connectivity index (χ1) is 19.0. The van der Waals surface area contributed by atoms with Gasteiger partial charge in [0, 0.05) is 52.5 Å². The van der Waals surface area contributed by atoms with Gasteiger partial charge >= 0.3 is 0 Å². The predicted octanol–water partition coefficient (Wildman–Crippen LogP) is 9.53. The smallest absolute Gasteiger partial charge is 0.210 e. The molecule has 4 nitrogen and oxygen atoms in total. The molecule has 5 heteroatoms. The summed E-state index contributed by atoms with van der Waals surface area (Å²) in [5, 5.41) is 15.8. The molecule has 0 saturated heterocycles. The van der Waals surface area contributed by atoms with Crippen LogP contribution in [0.4, 0.5) is 0 Å². The van der Waals surface area contributed by atoms with Crippen LogP contribution in [0.3, 0.4) is 0 Å². The average molecular weight is 594 g/mol. The van der Waals surface area contributed by atoms with E-state index in [1.165, 1.54) is 59.9 Å². The van der Waals surface area contributed by atoms with Gasteiger partial charge in [0.15, 0.2) is 0 Å². The van der Waals surface area contributed by atoms with Crippen LogP contribution in [0.2, 0.25) is 0 Å². The molecule has 0 amide bonds. The molecule has 0 unspecified atom stereocenters.